The van der Waals surface area contributed by atoms with Gasteiger partial charge in [0.15, 0.2) is 0 Å². The fourth-order valence-corrected chi connectivity index (χ4v) is 3.25. The van der Waals surface area contributed by atoms with Gasteiger partial charge in [0.25, 0.3) is 5.91 Å². The number of aromatic nitrogens is 1. The zero-order valence-corrected chi connectivity index (χ0v) is 15.6. The quantitative estimate of drug-likeness (QED) is 0.466. The number of carbonyl (C=O) groups excluding carboxylic acids is 2. The van der Waals surface area contributed by atoms with Crippen molar-refractivity contribution >= 4 is 28.8 Å². The molecule has 6 heteroatoms. The number of hydrogen-bond donors (Lipinski definition) is 4. The number of hydrogen-bond acceptors (Lipinski definition) is 3. The molecule has 1 saturated heterocycles. The molecule has 2 aromatic rings. The summed E-state index contributed by atoms with van der Waals surface area (Å²) in [4.78, 5) is 28.3. The molecule has 3 rings (SSSR count). The first-order valence-corrected chi connectivity index (χ1v) is 9.06. The van der Waals surface area contributed by atoms with Gasteiger partial charge in [-0.15, -0.1) is 6.58 Å². The van der Waals surface area contributed by atoms with Crippen molar-refractivity contribution in [1.82, 2.24) is 15.6 Å². The Morgan fingerprint density at radius 1 is 1.26 bits per heavy atom. The van der Waals surface area contributed by atoms with Crippen molar-refractivity contribution < 1.29 is 14.7 Å². The molecule has 142 valence electrons. The minimum atomic E-state index is -0.617. The number of aromatic amines is 1. The third-order valence-corrected chi connectivity index (χ3v) is 4.96. The molecule has 1 aliphatic rings. The summed E-state index contributed by atoms with van der Waals surface area (Å²) in [6, 6.07) is 7.22. The van der Waals surface area contributed by atoms with Gasteiger partial charge in [-0.3, -0.25) is 9.59 Å². The van der Waals surface area contributed by atoms with Crippen LogP contribution in [0.4, 0.5) is 0 Å². The van der Waals surface area contributed by atoms with Gasteiger partial charge in [0.2, 0.25) is 5.91 Å². The van der Waals surface area contributed by atoms with Crippen molar-refractivity contribution in [2.45, 2.75) is 38.1 Å². The number of carbonyl (C=O) groups is 2. The largest absolute Gasteiger partial charge is 0.396 e. The van der Waals surface area contributed by atoms with Crippen molar-refractivity contribution in [3.8, 4) is 0 Å². The molecule has 27 heavy (non-hydrogen) atoms. The summed E-state index contributed by atoms with van der Waals surface area (Å²) in [5.74, 6) is -0.594. The highest BCUT2D eigenvalue weighted by Gasteiger charge is 2.30. The maximum absolute atomic E-state index is 12.5. The van der Waals surface area contributed by atoms with Crippen LogP contribution in [0.1, 0.15) is 37.9 Å². The molecule has 0 unspecified atom stereocenters. The highest BCUT2D eigenvalue weighted by atomic mass is 16.3. The average molecular weight is 367 g/mol. The molecule has 2 heterocycles. The van der Waals surface area contributed by atoms with E-state index in [9.17, 15) is 9.59 Å². The standard InChI is InChI=1S/C21H25N3O3/c1-4-21(2,3)18-14(13-8-5-6-9-15(13)22-18)12-17-20(27)23-16(10-7-11-25)19(26)24-17/h4-6,8-9,12,16,22,25H,1,7,10-11H2,2-3H3,(H,23,27)(H,24,26)/t16-/m1/s1. The third kappa shape index (κ3) is 3.66. The molecule has 1 atom stereocenters. The van der Waals surface area contributed by atoms with Gasteiger partial charge in [0.1, 0.15) is 11.7 Å². The molecule has 6 nitrogen and oxygen atoms in total. The normalized spacial score (nSPS) is 19.2. The summed E-state index contributed by atoms with van der Waals surface area (Å²) in [7, 11) is 0. The number of amides is 2. The number of piperazine rings is 1. The molecule has 1 aliphatic heterocycles. The fraction of sp³-hybridized carbons (Fsp3) is 0.333. The summed E-state index contributed by atoms with van der Waals surface area (Å²) in [5, 5.41) is 15.3. The molecule has 4 N–H and O–H groups in total. The van der Waals surface area contributed by atoms with Gasteiger partial charge in [0.05, 0.1) is 0 Å². The molecule has 1 aromatic heterocycles. The molecule has 1 fully saturated rings. The van der Waals surface area contributed by atoms with E-state index >= 15 is 0 Å². The van der Waals surface area contributed by atoms with Gasteiger partial charge < -0.3 is 20.7 Å². The molecule has 0 radical (unpaired) electrons. The van der Waals surface area contributed by atoms with Crippen molar-refractivity contribution in [2.24, 2.45) is 0 Å². The van der Waals surface area contributed by atoms with E-state index < -0.39 is 6.04 Å². The molecule has 1 aromatic carbocycles. The van der Waals surface area contributed by atoms with Gasteiger partial charge in [-0.05, 0) is 25.0 Å². The van der Waals surface area contributed by atoms with Crippen molar-refractivity contribution in [3.05, 3.63) is 53.9 Å². The maximum Gasteiger partial charge on any atom is 0.268 e. The summed E-state index contributed by atoms with van der Waals surface area (Å²) in [6.45, 7) is 7.98. The number of H-pyrrole nitrogens is 1. The van der Waals surface area contributed by atoms with E-state index in [1.165, 1.54) is 0 Å². The van der Waals surface area contributed by atoms with Gasteiger partial charge >= 0.3 is 0 Å². The van der Waals surface area contributed by atoms with Crippen LogP contribution in [0.2, 0.25) is 0 Å². The number of benzene rings is 1. The van der Waals surface area contributed by atoms with Gasteiger partial charge in [-0.1, -0.05) is 38.1 Å². The SMILES string of the molecule is C=CC(C)(C)c1[nH]c2ccccc2c1C=C1NC(=O)[C@@H](CCCO)NC1=O. The summed E-state index contributed by atoms with van der Waals surface area (Å²) < 4.78 is 0. The molecule has 0 aliphatic carbocycles. The lowest BCUT2D eigenvalue weighted by molar-refractivity contribution is -0.131. The van der Waals surface area contributed by atoms with Crippen LogP contribution in [0.3, 0.4) is 0 Å². The zero-order valence-electron chi connectivity index (χ0n) is 15.6. The Morgan fingerprint density at radius 3 is 2.70 bits per heavy atom. The Kier molecular flexibility index (Phi) is 5.19. The van der Waals surface area contributed by atoms with E-state index in [0.717, 1.165) is 22.2 Å². The Labute approximate surface area is 158 Å². The van der Waals surface area contributed by atoms with E-state index in [1.54, 1.807) is 6.08 Å². The topological polar surface area (TPSA) is 94.2 Å². The summed E-state index contributed by atoms with van der Waals surface area (Å²) in [6.07, 6.45) is 4.43. The fourth-order valence-electron chi connectivity index (χ4n) is 3.25. The molecule has 0 bridgehead atoms. The van der Waals surface area contributed by atoms with Gasteiger partial charge in [-0.25, -0.2) is 0 Å². The smallest absolute Gasteiger partial charge is 0.268 e. The maximum atomic E-state index is 12.5. The first kappa shape index (κ1) is 18.9. The van der Waals surface area contributed by atoms with E-state index in [4.69, 9.17) is 5.11 Å². The zero-order chi connectivity index (χ0) is 19.6. The van der Waals surface area contributed by atoms with Crippen LogP contribution in [0.5, 0.6) is 0 Å². The Hall–Kier alpha value is -2.86. The lowest BCUT2D eigenvalue weighted by Crippen LogP contribution is -2.54. The van der Waals surface area contributed by atoms with Gasteiger partial charge in [-0.2, -0.15) is 0 Å². The second-order valence-corrected chi connectivity index (χ2v) is 7.32. The minimum Gasteiger partial charge on any atom is -0.396 e. The number of allylic oxidation sites excluding steroid dienone is 1. The number of rotatable bonds is 6. The second kappa shape index (κ2) is 7.40. The lowest BCUT2D eigenvalue weighted by Gasteiger charge is -2.25. The highest BCUT2D eigenvalue weighted by Crippen LogP contribution is 2.34. The Bertz CT molecular complexity index is 924. The first-order chi connectivity index (χ1) is 12.9. The van der Waals surface area contributed by atoms with E-state index in [2.05, 4.69) is 22.2 Å². The number of nitrogens with one attached hydrogen (secondary N) is 3. The Balaban J connectivity index is 2.03. The molecular weight excluding hydrogens is 342 g/mol. The van der Waals surface area contributed by atoms with Crippen LogP contribution >= 0.6 is 0 Å². The molecule has 0 saturated carbocycles. The summed E-state index contributed by atoms with van der Waals surface area (Å²) in [5.41, 5.74) is 2.61. The van der Waals surface area contributed by atoms with Crippen molar-refractivity contribution in [2.75, 3.05) is 6.61 Å². The monoisotopic (exact) mass is 367 g/mol. The van der Waals surface area contributed by atoms with Crippen LogP contribution in [0.25, 0.3) is 17.0 Å². The second-order valence-electron chi connectivity index (χ2n) is 7.32. The molecule has 0 spiro atoms. The minimum absolute atomic E-state index is 0.0162. The van der Waals surface area contributed by atoms with Crippen LogP contribution in [-0.4, -0.2) is 34.6 Å². The van der Waals surface area contributed by atoms with Crippen molar-refractivity contribution in [3.63, 3.8) is 0 Å². The number of aliphatic hydroxyl groups excluding tert-OH is 1. The van der Waals surface area contributed by atoms with E-state index in [1.807, 2.05) is 44.2 Å². The van der Waals surface area contributed by atoms with Crippen LogP contribution in [0.15, 0.2) is 42.6 Å². The van der Waals surface area contributed by atoms with Crippen molar-refractivity contribution in [1.29, 1.82) is 0 Å². The number of para-hydroxylation sites is 1. The Morgan fingerprint density at radius 2 is 2.00 bits per heavy atom. The highest BCUT2D eigenvalue weighted by molar-refractivity contribution is 6.08. The average Bonchev–Trinajstić information content (AvgIpc) is 3.03. The van der Waals surface area contributed by atoms with E-state index in [0.29, 0.717) is 12.8 Å². The van der Waals surface area contributed by atoms with Crippen LogP contribution in [0, 0.1) is 0 Å². The van der Waals surface area contributed by atoms with E-state index in [-0.39, 0.29) is 29.5 Å². The molecule has 2 amide bonds. The van der Waals surface area contributed by atoms with Crippen LogP contribution in [-0.2, 0) is 15.0 Å². The lowest BCUT2D eigenvalue weighted by atomic mass is 9.86. The van der Waals surface area contributed by atoms with Gasteiger partial charge in [0, 0.05) is 34.2 Å². The predicted octanol–water partition coefficient (Wildman–Crippen LogP) is 2.36. The first-order valence-electron chi connectivity index (χ1n) is 9.06. The predicted molar refractivity (Wildman–Crippen MR) is 106 cm³/mol. The molecular formula is C21H25N3O3. The number of fused-ring (bicyclic) bond motifs is 1. The summed E-state index contributed by atoms with van der Waals surface area (Å²) >= 11 is 0. The number of aliphatic hydroxyl groups is 1. The third-order valence-electron chi connectivity index (χ3n) is 4.96. The van der Waals surface area contributed by atoms with Crippen LogP contribution < -0.4 is 10.6 Å².